The van der Waals surface area contributed by atoms with Crippen molar-refractivity contribution in [2.45, 2.75) is 62.6 Å². The number of ether oxygens (including phenoxy) is 1. The van der Waals surface area contributed by atoms with Gasteiger partial charge in [-0.25, -0.2) is 0 Å². The molecule has 0 saturated carbocycles. The zero-order valence-electron chi connectivity index (χ0n) is 22.9. The number of anilines is 2. The molecule has 9 nitrogen and oxygen atoms in total. The first-order chi connectivity index (χ1) is 18.5. The van der Waals surface area contributed by atoms with Gasteiger partial charge in [0.1, 0.15) is 0 Å². The average molecular weight is 552 g/mol. The summed E-state index contributed by atoms with van der Waals surface area (Å²) < 4.78 is 6.68. The van der Waals surface area contributed by atoms with E-state index in [-0.39, 0.29) is 42.3 Å². The van der Waals surface area contributed by atoms with E-state index in [1.165, 1.54) is 0 Å². The molecule has 0 aliphatic carbocycles. The number of rotatable bonds is 6. The van der Waals surface area contributed by atoms with Gasteiger partial charge in [0.2, 0.25) is 5.91 Å². The van der Waals surface area contributed by atoms with E-state index in [0.29, 0.717) is 29.0 Å². The summed E-state index contributed by atoms with van der Waals surface area (Å²) in [6.45, 7) is 6.05. The number of nitrogens with one attached hydrogen (secondary N) is 1. The lowest BCUT2D eigenvalue weighted by Crippen LogP contribution is -2.45. The molecular formula is C29H37N3O6Si. The third-order valence-corrected chi connectivity index (χ3v) is 11.2. The lowest BCUT2D eigenvalue weighted by Gasteiger charge is -2.32. The van der Waals surface area contributed by atoms with Gasteiger partial charge in [0, 0.05) is 41.9 Å². The summed E-state index contributed by atoms with van der Waals surface area (Å²) in [6.07, 6.45) is 0.957. The molecule has 1 spiro atoms. The highest BCUT2D eigenvalue weighted by Crippen LogP contribution is 2.59. The number of aliphatic hydroxyl groups excluding tert-OH is 1. The standard InChI is InChI=1S/C29H37N3O6Si/c1-18-26(39(3,4)37)24(16-25(34)32-14-8-11-21(32)17-33)38-29(18)22-15-20(12-13-23(22)31(2)28(29)36)30-27(35)19-9-6-5-7-10-19/h5-7,9-10,12-13,15,18,21,24,26,33,37H,8,11,14,16-17H2,1-4H3,(H,30,35)/t18-,21-,24+,26-,29+/m0/s1. The number of hydrogen-bond donors (Lipinski definition) is 3. The van der Waals surface area contributed by atoms with Crippen molar-refractivity contribution in [3.8, 4) is 0 Å². The van der Waals surface area contributed by atoms with Crippen LogP contribution in [0.15, 0.2) is 48.5 Å². The molecule has 2 saturated heterocycles. The van der Waals surface area contributed by atoms with E-state index in [9.17, 15) is 24.3 Å². The molecule has 39 heavy (non-hydrogen) atoms. The van der Waals surface area contributed by atoms with Crippen molar-refractivity contribution >= 4 is 37.4 Å². The van der Waals surface area contributed by atoms with E-state index in [2.05, 4.69) is 5.32 Å². The predicted molar refractivity (Wildman–Crippen MR) is 150 cm³/mol. The number of aliphatic hydroxyl groups is 1. The molecule has 2 aromatic rings. The summed E-state index contributed by atoms with van der Waals surface area (Å²) in [4.78, 5) is 54.8. The van der Waals surface area contributed by atoms with Crippen molar-refractivity contribution < 1.29 is 29.0 Å². The Balaban J connectivity index is 1.50. The van der Waals surface area contributed by atoms with E-state index in [0.717, 1.165) is 12.8 Å². The minimum absolute atomic E-state index is 0.0288. The van der Waals surface area contributed by atoms with Crippen LogP contribution in [0, 0.1) is 5.92 Å². The lowest BCUT2D eigenvalue weighted by atomic mass is 9.82. The summed E-state index contributed by atoms with van der Waals surface area (Å²) in [5, 5.41) is 12.7. The third kappa shape index (κ3) is 4.59. The molecule has 0 unspecified atom stereocenters. The molecule has 0 bridgehead atoms. The number of hydrogen-bond acceptors (Lipinski definition) is 6. The maximum Gasteiger partial charge on any atom is 0.264 e. The van der Waals surface area contributed by atoms with Gasteiger partial charge in [0.25, 0.3) is 11.8 Å². The monoisotopic (exact) mass is 551 g/mol. The van der Waals surface area contributed by atoms with Gasteiger partial charge in [-0.15, -0.1) is 0 Å². The van der Waals surface area contributed by atoms with Gasteiger partial charge in [-0.05, 0) is 56.3 Å². The van der Waals surface area contributed by atoms with Crippen molar-refractivity contribution in [2.24, 2.45) is 5.92 Å². The quantitative estimate of drug-likeness (QED) is 0.475. The first kappa shape index (κ1) is 27.5. The van der Waals surface area contributed by atoms with Crippen molar-refractivity contribution in [1.29, 1.82) is 0 Å². The van der Waals surface area contributed by atoms with Gasteiger partial charge in [0.05, 0.1) is 30.9 Å². The Labute approximate surface area is 229 Å². The minimum atomic E-state index is -2.92. The summed E-state index contributed by atoms with van der Waals surface area (Å²) >= 11 is 0. The zero-order chi connectivity index (χ0) is 28.1. The number of amides is 3. The average Bonchev–Trinajstić information content (AvgIpc) is 3.55. The number of fused-ring (bicyclic) bond motifs is 2. The summed E-state index contributed by atoms with van der Waals surface area (Å²) in [5.41, 5.74) is 0.569. The fraction of sp³-hybridized carbons (Fsp3) is 0.483. The van der Waals surface area contributed by atoms with E-state index in [1.807, 2.05) is 26.1 Å². The van der Waals surface area contributed by atoms with Crippen molar-refractivity contribution in [2.75, 3.05) is 30.4 Å². The molecule has 5 atom stereocenters. The molecule has 3 N–H and O–H groups in total. The molecule has 3 aliphatic rings. The number of likely N-dealkylation sites (N-methyl/N-ethyl adjacent to an activating group) is 1. The van der Waals surface area contributed by atoms with Crippen LogP contribution >= 0.6 is 0 Å². The Morgan fingerprint density at radius 2 is 1.90 bits per heavy atom. The summed E-state index contributed by atoms with van der Waals surface area (Å²) in [6, 6.07) is 14.0. The highest BCUT2D eigenvalue weighted by Gasteiger charge is 2.66. The van der Waals surface area contributed by atoms with Crippen LogP contribution < -0.4 is 10.2 Å². The molecule has 0 aromatic heterocycles. The minimum Gasteiger partial charge on any atom is -0.432 e. The van der Waals surface area contributed by atoms with Gasteiger partial charge in [0.15, 0.2) is 13.9 Å². The molecule has 5 rings (SSSR count). The SMILES string of the molecule is C[C@H]1[C@H]([Si](C)(C)O)[C@@H](CC(=O)N2CCC[C@H]2CO)O[C@]12C(=O)N(C)c1ccc(NC(=O)c3ccccc3)cc12. The first-order valence-corrected chi connectivity index (χ1v) is 16.6. The lowest BCUT2D eigenvalue weighted by molar-refractivity contribution is -0.149. The Bertz CT molecular complexity index is 1280. The summed E-state index contributed by atoms with van der Waals surface area (Å²) in [7, 11) is -1.22. The van der Waals surface area contributed by atoms with Crippen molar-refractivity contribution in [3.05, 3.63) is 59.7 Å². The predicted octanol–water partition coefficient (Wildman–Crippen LogP) is 3.09. The largest absolute Gasteiger partial charge is 0.432 e. The Hall–Kier alpha value is -3.05. The Morgan fingerprint density at radius 1 is 1.18 bits per heavy atom. The molecular weight excluding hydrogens is 514 g/mol. The number of likely N-dealkylation sites (tertiary alicyclic amines) is 1. The van der Waals surface area contributed by atoms with Crippen LogP contribution in [-0.4, -0.2) is 73.2 Å². The van der Waals surface area contributed by atoms with Crippen LogP contribution in [-0.2, 0) is 19.9 Å². The first-order valence-electron chi connectivity index (χ1n) is 13.6. The number of carbonyl (C=O) groups is 3. The molecule has 3 heterocycles. The van der Waals surface area contributed by atoms with Gasteiger partial charge in [-0.1, -0.05) is 25.1 Å². The van der Waals surface area contributed by atoms with Gasteiger partial charge >= 0.3 is 0 Å². The van der Waals surface area contributed by atoms with Gasteiger partial charge < -0.3 is 29.8 Å². The molecule has 0 radical (unpaired) electrons. The zero-order valence-corrected chi connectivity index (χ0v) is 23.9. The molecule has 3 aliphatic heterocycles. The second-order valence-electron chi connectivity index (χ2n) is 11.5. The van der Waals surface area contributed by atoms with E-state index in [1.54, 1.807) is 59.3 Å². The fourth-order valence-electron chi connectivity index (χ4n) is 6.90. The fourth-order valence-corrected chi connectivity index (χ4v) is 9.45. The van der Waals surface area contributed by atoms with Crippen LogP contribution in [0.4, 0.5) is 11.4 Å². The molecule has 3 amide bonds. The maximum absolute atomic E-state index is 13.9. The van der Waals surface area contributed by atoms with Crippen LogP contribution in [0.25, 0.3) is 0 Å². The third-order valence-electron chi connectivity index (χ3n) is 8.69. The molecule has 2 aromatic carbocycles. The molecule has 2 fully saturated rings. The van der Waals surface area contributed by atoms with E-state index >= 15 is 0 Å². The van der Waals surface area contributed by atoms with Crippen LogP contribution in [0.2, 0.25) is 18.6 Å². The molecule has 208 valence electrons. The smallest absolute Gasteiger partial charge is 0.264 e. The second-order valence-corrected chi connectivity index (χ2v) is 15.5. The van der Waals surface area contributed by atoms with Gasteiger partial charge in [-0.3, -0.25) is 14.4 Å². The number of benzene rings is 2. The number of nitrogens with zero attached hydrogens (tertiary/aromatic N) is 2. The van der Waals surface area contributed by atoms with Crippen molar-refractivity contribution in [1.82, 2.24) is 4.90 Å². The Morgan fingerprint density at radius 3 is 2.56 bits per heavy atom. The van der Waals surface area contributed by atoms with E-state index < -0.39 is 25.9 Å². The van der Waals surface area contributed by atoms with Crippen LogP contribution in [0.3, 0.4) is 0 Å². The van der Waals surface area contributed by atoms with Crippen LogP contribution in [0.5, 0.6) is 0 Å². The summed E-state index contributed by atoms with van der Waals surface area (Å²) in [5.74, 6) is -1.06. The van der Waals surface area contributed by atoms with E-state index in [4.69, 9.17) is 4.74 Å². The molecule has 10 heteroatoms. The van der Waals surface area contributed by atoms with Crippen LogP contribution in [0.1, 0.15) is 42.1 Å². The number of carbonyl (C=O) groups excluding carboxylic acids is 3. The van der Waals surface area contributed by atoms with Gasteiger partial charge in [-0.2, -0.15) is 0 Å². The maximum atomic E-state index is 13.9. The normalized spacial score (nSPS) is 28.3. The van der Waals surface area contributed by atoms with Crippen molar-refractivity contribution in [3.63, 3.8) is 0 Å². The second kappa shape index (κ2) is 10.2. The Kier molecular flexibility index (Phi) is 7.17. The highest BCUT2D eigenvalue weighted by molar-refractivity contribution is 6.71. The highest BCUT2D eigenvalue weighted by atomic mass is 28.4. The topological polar surface area (TPSA) is 119 Å².